The van der Waals surface area contributed by atoms with Crippen molar-refractivity contribution in [2.75, 3.05) is 90.7 Å². The van der Waals surface area contributed by atoms with Gasteiger partial charge >= 0.3 is 0 Å². The van der Waals surface area contributed by atoms with E-state index in [0.29, 0.717) is 31.1 Å². The van der Waals surface area contributed by atoms with Crippen molar-refractivity contribution < 1.29 is 14.6 Å². The number of anilines is 1. The molecule has 0 radical (unpaired) electrons. The number of benzene rings is 1. The quantitative estimate of drug-likeness (QED) is 0.396. The molecule has 1 N–H and O–H groups in total. The van der Waals surface area contributed by atoms with E-state index in [1.165, 1.54) is 37.9 Å². The van der Waals surface area contributed by atoms with Gasteiger partial charge in [0, 0.05) is 51.5 Å². The normalized spacial score (nSPS) is 29.8. The SMILES string of the molecule is CN(CCCN1CN(c2ccccc2)C2(CCN(CCC3CCC4CC3C4(C)C)CC2)C1=O)CC(O)CN1CCOCC1. The lowest BCUT2D eigenvalue weighted by Crippen LogP contribution is -2.57. The van der Waals surface area contributed by atoms with Crippen molar-refractivity contribution in [2.45, 2.75) is 70.4 Å². The van der Waals surface area contributed by atoms with Crippen molar-refractivity contribution in [3.05, 3.63) is 30.3 Å². The van der Waals surface area contributed by atoms with E-state index in [0.717, 1.165) is 89.5 Å². The van der Waals surface area contributed by atoms with Crippen LogP contribution in [0.25, 0.3) is 0 Å². The van der Waals surface area contributed by atoms with E-state index in [1.54, 1.807) is 0 Å². The molecule has 1 spiro atoms. The average molecular weight is 596 g/mol. The summed E-state index contributed by atoms with van der Waals surface area (Å²) < 4.78 is 5.43. The number of nitrogens with zero attached hydrogens (tertiary/aromatic N) is 5. The summed E-state index contributed by atoms with van der Waals surface area (Å²) in [7, 11) is 2.08. The predicted octanol–water partition coefficient (Wildman–Crippen LogP) is 3.60. The zero-order chi connectivity index (χ0) is 30.0. The van der Waals surface area contributed by atoms with Crippen LogP contribution in [0.5, 0.6) is 0 Å². The summed E-state index contributed by atoms with van der Waals surface area (Å²) in [4.78, 5) is 25.8. The lowest BCUT2D eigenvalue weighted by Gasteiger charge is -2.60. The van der Waals surface area contributed by atoms with E-state index >= 15 is 0 Å². The van der Waals surface area contributed by atoms with Crippen LogP contribution in [0, 0.1) is 23.2 Å². The fraction of sp³-hybridized carbons (Fsp3) is 0.800. The number of carbonyl (C=O) groups excluding carboxylic acids is 1. The van der Waals surface area contributed by atoms with Crippen LogP contribution in [0.2, 0.25) is 0 Å². The van der Waals surface area contributed by atoms with Crippen molar-refractivity contribution in [2.24, 2.45) is 23.2 Å². The number of fused-ring (bicyclic) bond motifs is 2. The van der Waals surface area contributed by atoms with E-state index in [2.05, 4.69) is 75.7 Å². The molecule has 2 bridgehead atoms. The maximum Gasteiger partial charge on any atom is 0.250 e. The first-order valence-electron chi connectivity index (χ1n) is 17.3. The van der Waals surface area contributed by atoms with Crippen molar-refractivity contribution in [3.8, 4) is 0 Å². The minimum absolute atomic E-state index is 0.320. The zero-order valence-corrected chi connectivity index (χ0v) is 27.1. The van der Waals surface area contributed by atoms with Gasteiger partial charge in [0.2, 0.25) is 5.91 Å². The Bertz CT molecular complexity index is 1050. The molecule has 4 unspecified atom stereocenters. The van der Waals surface area contributed by atoms with Gasteiger partial charge in [-0.25, -0.2) is 0 Å². The molecule has 3 heterocycles. The number of likely N-dealkylation sites (tertiary alicyclic amines) is 1. The molecule has 6 aliphatic rings. The first-order chi connectivity index (χ1) is 20.8. The number of ether oxygens (including phenoxy) is 1. The van der Waals surface area contributed by atoms with Crippen LogP contribution >= 0.6 is 0 Å². The number of rotatable bonds is 12. The number of para-hydroxylation sites is 1. The molecule has 0 aromatic heterocycles. The molecular weight excluding hydrogens is 538 g/mol. The van der Waals surface area contributed by atoms with Crippen LogP contribution < -0.4 is 4.90 Å². The largest absolute Gasteiger partial charge is 0.390 e. The highest BCUT2D eigenvalue weighted by Gasteiger charge is 2.55. The maximum absolute atomic E-state index is 14.2. The number of aliphatic hydroxyl groups is 1. The Hall–Kier alpha value is -1.71. The number of hydrogen-bond acceptors (Lipinski definition) is 7. The van der Waals surface area contributed by atoms with E-state index in [9.17, 15) is 9.90 Å². The molecule has 1 aromatic rings. The van der Waals surface area contributed by atoms with Gasteiger partial charge in [-0.1, -0.05) is 32.0 Å². The van der Waals surface area contributed by atoms with Gasteiger partial charge in [0.1, 0.15) is 5.54 Å². The number of aliphatic hydroxyl groups excluding tert-OH is 1. The summed E-state index contributed by atoms with van der Waals surface area (Å²) in [6.45, 7) is 15.2. The van der Waals surface area contributed by atoms with E-state index in [4.69, 9.17) is 4.74 Å². The predicted molar refractivity (Wildman–Crippen MR) is 172 cm³/mol. The number of carbonyl (C=O) groups is 1. The second kappa shape index (κ2) is 13.3. The summed E-state index contributed by atoms with van der Waals surface area (Å²) in [5.41, 5.74) is 1.30. The van der Waals surface area contributed by atoms with E-state index < -0.39 is 5.54 Å². The fourth-order valence-electron chi connectivity index (χ4n) is 9.30. The molecule has 3 aliphatic carbocycles. The highest BCUT2D eigenvalue weighted by molar-refractivity contribution is 5.93. The van der Waals surface area contributed by atoms with Crippen LogP contribution in [0.15, 0.2) is 30.3 Å². The Morgan fingerprint density at radius 2 is 1.77 bits per heavy atom. The molecular formula is C35H57N5O3. The van der Waals surface area contributed by atoms with Crippen molar-refractivity contribution in [3.63, 3.8) is 0 Å². The third kappa shape index (κ3) is 6.64. The van der Waals surface area contributed by atoms with Gasteiger partial charge in [-0.2, -0.15) is 0 Å². The first-order valence-corrected chi connectivity index (χ1v) is 17.3. The second-order valence-corrected chi connectivity index (χ2v) is 15.0. The van der Waals surface area contributed by atoms with E-state index in [-0.39, 0.29) is 6.10 Å². The summed E-state index contributed by atoms with van der Waals surface area (Å²) in [5.74, 6) is 3.10. The molecule has 6 fully saturated rings. The van der Waals surface area contributed by atoms with Crippen LogP contribution in [-0.2, 0) is 9.53 Å². The number of piperidine rings is 1. The highest BCUT2D eigenvalue weighted by Crippen LogP contribution is 2.62. The minimum Gasteiger partial charge on any atom is -0.390 e. The Morgan fingerprint density at radius 1 is 1.02 bits per heavy atom. The lowest BCUT2D eigenvalue weighted by molar-refractivity contribution is -0.133. The zero-order valence-electron chi connectivity index (χ0n) is 27.1. The highest BCUT2D eigenvalue weighted by atomic mass is 16.5. The fourth-order valence-corrected chi connectivity index (χ4v) is 9.30. The molecule has 3 saturated carbocycles. The summed E-state index contributed by atoms with van der Waals surface area (Å²) in [6, 6.07) is 10.6. The molecule has 3 saturated heterocycles. The number of β-amino-alcohol motifs (C(OH)–C–C–N with tert-alkyl or cyclic N) is 1. The first kappa shape index (κ1) is 31.3. The summed E-state index contributed by atoms with van der Waals surface area (Å²) in [5, 5.41) is 10.6. The van der Waals surface area contributed by atoms with E-state index in [1.807, 2.05) is 0 Å². The third-order valence-electron chi connectivity index (χ3n) is 12.1. The van der Waals surface area contributed by atoms with Gasteiger partial charge in [0.15, 0.2) is 0 Å². The standard InChI is InChI=1S/C35H57N5O3/c1-34(2)29-11-10-28(32(34)24-29)12-17-37-18-13-35(14-19-37)33(42)39(27-40(35)30-8-5-4-6-9-30)16-7-15-36(3)25-31(41)26-38-20-22-43-23-21-38/h4-6,8-9,28-29,31-32,41H,7,10-27H2,1-3H3. The third-order valence-corrected chi connectivity index (χ3v) is 12.1. The Labute approximate surface area is 260 Å². The second-order valence-electron chi connectivity index (χ2n) is 15.0. The van der Waals surface area contributed by atoms with Gasteiger partial charge in [-0.15, -0.1) is 0 Å². The molecule has 1 amide bonds. The Balaban J connectivity index is 1.00. The lowest BCUT2D eigenvalue weighted by atomic mass is 9.45. The monoisotopic (exact) mass is 595 g/mol. The molecule has 8 nitrogen and oxygen atoms in total. The molecule has 43 heavy (non-hydrogen) atoms. The number of likely N-dealkylation sites (N-methyl/N-ethyl adjacent to an activating group) is 1. The van der Waals surface area contributed by atoms with Crippen LogP contribution in [0.4, 0.5) is 5.69 Å². The molecule has 3 aliphatic heterocycles. The van der Waals surface area contributed by atoms with Crippen molar-refractivity contribution in [1.29, 1.82) is 0 Å². The van der Waals surface area contributed by atoms with Gasteiger partial charge in [-0.05, 0) is 100 Å². The minimum atomic E-state index is -0.424. The Morgan fingerprint density at radius 3 is 2.47 bits per heavy atom. The molecule has 8 heteroatoms. The van der Waals surface area contributed by atoms with Crippen molar-refractivity contribution in [1.82, 2.24) is 19.6 Å². The van der Waals surface area contributed by atoms with Crippen LogP contribution in [0.3, 0.4) is 0 Å². The molecule has 4 atom stereocenters. The summed E-state index contributed by atoms with van der Waals surface area (Å²) >= 11 is 0. The summed E-state index contributed by atoms with van der Waals surface area (Å²) in [6.07, 6.45) is 8.00. The number of hydrogen-bond donors (Lipinski definition) is 1. The molecule has 7 rings (SSSR count). The van der Waals surface area contributed by atoms with Gasteiger partial charge in [0.05, 0.1) is 26.0 Å². The Kier molecular flexibility index (Phi) is 9.70. The smallest absolute Gasteiger partial charge is 0.250 e. The molecule has 1 aromatic carbocycles. The van der Waals surface area contributed by atoms with Crippen LogP contribution in [0.1, 0.15) is 58.8 Å². The van der Waals surface area contributed by atoms with Crippen molar-refractivity contribution >= 4 is 11.6 Å². The number of amides is 1. The van der Waals surface area contributed by atoms with Crippen LogP contribution in [-0.4, -0.2) is 128 Å². The average Bonchev–Trinajstić information content (AvgIpc) is 3.28. The molecule has 240 valence electrons. The van der Waals surface area contributed by atoms with Gasteiger partial charge < -0.3 is 29.4 Å². The number of morpholine rings is 1. The van der Waals surface area contributed by atoms with Gasteiger partial charge in [0.25, 0.3) is 0 Å². The van der Waals surface area contributed by atoms with Gasteiger partial charge in [-0.3, -0.25) is 9.69 Å². The topological polar surface area (TPSA) is 62.7 Å². The maximum atomic E-state index is 14.2.